The molecule has 0 saturated carbocycles. The van der Waals surface area contributed by atoms with Crippen molar-refractivity contribution in [1.82, 2.24) is 0 Å². The topological polar surface area (TPSA) is 99.2 Å². The van der Waals surface area contributed by atoms with Crippen LogP contribution in [0.3, 0.4) is 0 Å². The fourth-order valence-corrected chi connectivity index (χ4v) is 5.82. The molecule has 37 heavy (non-hydrogen) atoms. The summed E-state index contributed by atoms with van der Waals surface area (Å²) in [6, 6.07) is 17.5. The number of carbonyl (C=O) groups excluding carboxylic acids is 4. The van der Waals surface area contributed by atoms with E-state index in [2.05, 4.69) is 0 Å². The minimum atomic E-state index is -2.15. The molecule has 0 aromatic heterocycles. The zero-order valence-electron chi connectivity index (χ0n) is 19.8. The first-order valence-corrected chi connectivity index (χ1v) is 11.9. The van der Waals surface area contributed by atoms with Gasteiger partial charge in [-0.05, 0) is 42.0 Å². The molecular formula is C28H20ClNO7. The van der Waals surface area contributed by atoms with Crippen molar-refractivity contribution in [1.29, 1.82) is 0 Å². The van der Waals surface area contributed by atoms with Crippen molar-refractivity contribution >= 4 is 40.7 Å². The van der Waals surface area contributed by atoms with Crippen molar-refractivity contribution in [2.24, 2.45) is 11.8 Å². The third-order valence-corrected chi connectivity index (χ3v) is 7.59. The van der Waals surface area contributed by atoms with Crippen LogP contribution in [0.2, 0.25) is 5.02 Å². The van der Waals surface area contributed by atoms with Gasteiger partial charge in [0.05, 0.1) is 37.8 Å². The Hall–Kier alpha value is -4.01. The molecule has 2 fully saturated rings. The fraction of sp³-hybridized carbons (Fsp3) is 0.214. The van der Waals surface area contributed by atoms with Crippen LogP contribution in [0.25, 0.3) is 0 Å². The number of hydrogen-bond donors (Lipinski definition) is 0. The summed E-state index contributed by atoms with van der Waals surface area (Å²) in [6.07, 6.45) is -1.07. The molecule has 2 aliphatic heterocycles. The number of imide groups is 1. The molecule has 0 N–H and O–H groups in total. The monoisotopic (exact) mass is 517 g/mol. The average molecular weight is 518 g/mol. The highest BCUT2D eigenvalue weighted by Crippen LogP contribution is 2.58. The maximum absolute atomic E-state index is 13.9. The lowest BCUT2D eigenvalue weighted by atomic mass is 9.77. The highest BCUT2D eigenvalue weighted by Gasteiger charge is 2.74. The summed E-state index contributed by atoms with van der Waals surface area (Å²) in [7, 11) is 2.96. The molecule has 6 rings (SSSR count). The van der Waals surface area contributed by atoms with Crippen molar-refractivity contribution in [2.75, 3.05) is 19.1 Å². The molecule has 1 spiro atoms. The van der Waals surface area contributed by atoms with Gasteiger partial charge >= 0.3 is 0 Å². The number of Topliss-reactive ketones (excluding diaryl/α,β-unsaturated/α-hetero) is 2. The van der Waals surface area contributed by atoms with Gasteiger partial charge in [-0.25, -0.2) is 4.90 Å². The number of rotatable bonds is 4. The molecule has 9 heteroatoms. The van der Waals surface area contributed by atoms with Crippen LogP contribution in [0, 0.1) is 11.8 Å². The summed E-state index contributed by atoms with van der Waals surface area (Å²) in [5.74, 6) is -4.12. The molecule has 0 unspecified atom stereocenters. The third kappa shape index (κ3) is 3.06. The van der Waals surface area contributed by atoms with Crippen molar-refractivity contribution < 1.29 is 33.4 Å². The van der Waals surface area contributed by atoms with E-state index in [0.29, 0.717) is 27.8 Å². The second kappa shape index (κ2) is 8.26. The van der Waals surface area contributed by atoms with E-state index < -0.39 is 46.9 Å². The standard InChI is InChI=1S/C28H20ClNO7/c1-35-19-12-7-14(13-20(19)36-2)23-21-22(27(34)30(26(21)33)16-10-8-15(29)9-11-16)28(37-23)24(31)17-5-3-4-6-18(17)25(28)32/h3-13,21-23H,1-2H3/t21-,22+,23-/m0/s1. The molecule has 186 valence electrons. The summed E-state index contributed by atoms with van der Waals surface area (Å²) in [6.45, 7) is 0. The smallest absolute Gasteiger partial charge is 0.241 e. The molecule has 2 heterocycles. The normalized spacial score (nSPS) is 23.5. The number of nitrogens with zero attached hydrogens (tertiary/aromatic N) is 1. The lowest BCUT2D eigenvalue weighted by molar-refractivity contribution is -0.127. The highest BCUT2D eigenvalue weighted by atomic mass is 35.5. The summed E-state index contributed by atoms with van der Waals surface area (Å²) < 4.78 is 17.0. The van der Waals surface area contributed by atoms with Gasteiger partial charge in [-0.15, -0.1) is 0 Å². The fourth-order valence-electron chi connectivity index (χ4n) is 5.69. The molecule has 2 amide bonds. The zero-order valence-corrected chi connectivity index (χ0v) is 20.5. The Kier molecular flexibility index (Phi) is 5.22. The van der Waals surface area contributed by atoms with Gasteiger partial charge in [0.1, 0.15) is 0 Å². The Labute approximate surface area is 216 Å². The summed E-state index contributed by atoms with van der Waals surface area (Å²) in [4.78, 5) is 56.5. The average Bonchev–Trinajstić information content (AvgIpc) is 3.49. The van der Waals surface area contributed by atoms with Crippen LogP contribution in [0.5, 0.6) is 11.5 Å². The van der Waals surface area contributed by atoms with Crippen LogP contribution in [-0.2, 0) is 14.3 Å². The first-order chi connectivity index (χ1) is 17.8. The van der Waals surface area contributed by atoms with E-state index in [0.717, 1.165) is 4.90 Å². The third-order valence-electron chi connectivity index (χ3n) is 7.34. The molecule has 3 aromatic rings. The largest absolute Gasteiger partial charge is 0.493 e. The number of carbonyl (C=O) groups is 4. The molecule has 0 radical (unpaired) electrons. The van der Waals surface area contributed by atoms with Gasteiger partial charge in [0.2, 0.25) is 29.0 Å². The predicted octanol–water partition coefficient (Wildman–Crippen LogP) is 4.05. The Balaban J connectivity index is 1.54. The summed E-state index contributed by atoms with van der Waals surface area (Å²) in [5.41, 5.74) is -1.04. The number of methoxy groups -OCH3 is 2. The van der Waals surface area contributed by atoms with Crippen molar-refractivity contribution in [3.05, 3.63) is 88.4 Å². The van der Waals surface area contributed by atoms with Gasteiger partial charge in [-0.1, -0.05) is 41.9 Å². The van der Waals surface area contributed by atoms with E-state index in [1.165, 1.54) is 26.4 Å². The number of ketones is 2. The SMILES string of the molecule is COc1ccc([C@@H]2OC3(C(=O)c4ccccc4C3=O)[C@H]3C(=O)N(c4ccc(Cl)cc4)C(=O)[C@H]23)cc1OC. The molecule has 3 aromatic carbocycles. The van der Waals surface area contributed by atoms with Crippen LogP contribution in [0.1, 0.15) is 32.4 Å². The molecule has 8 nitrogen and oxygen atoms in total. The predicted molar refractivity (Wildman–Crippen MR) is 132 cm³/mol. The second-order valence-corrected chi connectivity index (χ2v) is 9.52. The molecule has 3 atom stereocenters. The molecule has 1 aliphatic carbocycles. The van der Waals surface area contributed by atoms with E-state index >= 15 is 0 Å². The summed E-state index contributed by atoms with van der Waals surface area (Å²) >= 11 is 6.01. The molecule has 3 aliphatic rings. The molecular weight excluding hydrogens is 498 g/mol. The van der Waals surface area contributed by atoms with E-state index in [-0.39, 0.29) is 11.1 Å². The minimum absolute atomic E-state index is 0.171. The van der Waals surface area contributed by atoms with Crippen LogP contribution in [0.4, 0.5) is 5.69 Å². The highest BCUT2D eigenvalue weighted by molar-refractivity contribution is 6.37. The Morgan fingerprint density at radius 1 is 0.811 bits per heavy atom. The minimum Gasteiger partial charge on any atom is -0.493 e. The number of benzene rings is 3. The Bertz CT molecular complexity index is 1460. The van der Waals surface area contributed by atoms with Crippen molar-refractivity contribution in [2.45, 2.75) is 11.7 Å². The van der Waals surface area contributed by atoms with Crippen molar-refractivity contribution in [3.63, 3.8) is 0 Å². The van der Waals surface area contributed by atoms with Gasteiger partial charge in [0.15, 0.2) is 11.5 Å². The number of amides is 2. The second-order valence-electron chi connectivity index (χ2n) is 9.08. The Morgan fingerprint density at radius 2 is 1.43 bits per heavy atom. The lowest BCUT2D eigenvalue weighted by Gasteiger charge is -2.27. The van der Waals surface area contributed by atoms with E-state index in [9.17, 15) is 19.2 Å². The van der Waals surface area contributed by atoms with Crippen LogP contribution >= 0.6 is 11.6 Å². The number of fused-ring (bicyclic) bond motifs is 3. The maximum Gasteiger partial charge on any atom is 0.241 e. The van der Waals surface area contributed by atoms with Gasteiger partial charge in [0, 0.05) is 16.1 Å². The summed E-state index contributed by atoms with van der Waals surface area (Å²) in [5, 5.41) is 0.433. The lowest BCUT2D eigenvalue weighted by Crippen LogP contribution is -2.51. The van der Waals surface area contributed by atoms with Crippen molar-refractivity contribution in [3.8, 4) is 11.5 Å². The van der Waals surface area contributed by atoms with Crippen LogP contribution < -0.4 is 14.4 Å². The van der Waals surface area contributed by atoms with Gasteiger partial charge < -0.3 is 14.2 Å². The maximum atomic E-state index is 13.9. The first-order valence-electron chi connectivity index (χ1n) is 11.5. The Morgan fingerprint density at radius 3 is 2.03 bits per heavy atom. The van der Waals surface area contributed by atoms with Gasteiger partial charge in [-0.3, -0.25) is 19.2 Å². The van der Waals surface area contributed by atoms with E-state index in [4.69, 9.17) is 25.8 Å². The number of hydrogen-bond acceptors (Lipinski definition) is 7. The van der Waals surface area contributed by atoms with Gasteiger partial charge in [0.25, 0.3) is 0 Å². The number of ether oxygens (including phenoxy) is 3. The van der Waals surface area contributed by atoms with Gasteiger partial charge in [-0.2, -0.15) is 0 Å². The zero-order chi connectivity index (χ0) is 26.1. The molecule has 0 bridgehead atoms. The quantitative estimate of drug-likeness (QED) is 0.380. The van der Waals surface area contributed by atoms with Crippen LogP contribution in [-0.4, -0.2) is 43.2 Å². The number of halogens is 1. The van der Waals surface area contributed by atoms with E-state index in [1.54, 1.807) is 54.6 Å². The number of anilines is 1. The molecule has 2 saturated heterocycles. The van der Waals surface area contributed by atoms with Crippen LogP contribution in [0.15, 0.2) is 66.7 Å². The first kappa shape index (κ1) is 23.4. The van der Waals surface area contributed by atoms with E-state index in [1.807, 2.05) is 0 Å².